The molecular formula is C12H24N4O4. The molecule has 20 heavy (non-hydrogen) atoms. The van der Waals surface area contributed by atoms with Gasteiger partial charge in [-0.25, -0.2) is 9.59 Å². The second-order valence-corrected chi connectivity index (χ2v) is 4.77. The Morgan fingerprint density at radius 1 is 1.20 bits per heavy atom. The van der Waals surface area contributed by atoms with Gasteiger partial charge >= 0.3 is 12.0 Å². The number of nitrogens with zero attached hydrogens (tertiary/aromatic N) is 1. The summed E-state index contributed by atoms with van der Waals surface area (Å²) in [6.45, 7) is 5.78. The lowest BCUT2D eigenvalue weighted by molar-refractivity contribution is -0.146. The van der Waals surface area contributed by atoms with Crippen LogP contribution in [-0.4, -0.2) is 79.0 Å². The van der Waals surface area contributed by atoms with Crippen LogP contribution in [0.2, 0.25) is 0 Å². The fourth-order valence-corrected chi connectivity index (χ4v) is 1.95. The molecule has 1 fully saturated rings. The number of aliphatic carboxylic acids is 1. The zero-order valence-electron chi connectivity index (χ0n) is 11.6. The summed E-state index contributed by atoms with van der Waals surface area (Å²) in [6.07, 6.45) is -0.544. The zero-order valence-corrected chi connectivity index (χ0v) is 11.6. The van der Waals surface area contributed by atoms with Gasteiger partial charge in [0, 0.05) is 45.7 Å². The van der Waals surface area contributed by atoms with Crippen molar-refractivity contribution in [2.75, 3.05) is 45.8 Å². The van der Waals surface area contributed by atoms with E-state index in [9.17, 15) is 9.59 Å². The molecule has 0 aliphatic carbocycles. The number of urea groups is 1. The van der Waals surface area contributed by atoms with Gasteiger partial charge in [-0.05, 0) is 13.0 Å². The third kappa shape index (κ3) is 7.27. The van der Waals surface area contributed by atoms with Crippen molar-refractivity contribution in [1.82, 2.24) is 20.9 Å². The molecule has 0 bridgehead atoms. The van der Waals surface area contributed by atoms with E-state index in [4.69, 9.17) is 10.2 Å². The molecule has 5 N–H and O–H groups in total. The summed E-state index contributed by atoms with van der Waals surface area (Å²) < 4.78 is 0. The topological polar surface area (TPSA) is 114 Å². The molecule has 8 nitrogen and oxygen atoms in total. The Hall–Kier alpha value is -1.38. The highest BCUT2D eigenvalue weighted by Gasteiger charge is 2.12. The number of rotatable bonds is 8. The van der Waals surface area contributed by atoms with Crippen molar-refractivity contribution in [3.63, 3.8) is 0 Å². The van der Waals surface area contributed by atoms with Crippen LogP contribution in [0.1, 0.15) is 12.8 Å². The van der Waals surface area contributed by atoms with Gasteiger partial charge in [0.1, 0.15) is 0 Å². The highest BCUT2D eigenvalue weighted by Crippen LogP contribution is 1.93. The number of hydrogen-bond donors (Lipinski definition) is 5. The summed E-state index contributed by atoms with van der Waals surface area (Å²) in [5.74, 6) is -1.27. The average molecular weight is 288 g/mol. The average Bonchev–Trinajstić information content (AvgIpc) is 2.44. The highest BCUT2D eigenvalue weighted by atomic mass is 16.4. The minimum Gasteiger partial charge on any atom is -0.479 e. The number of piperazine rings is 1. The molecular weight excluding hydrogens is 264 g/mol. The minimum atomic E-state index is -1.43. The van der Waals surface area contributed by atoms with Crippen LogP contribution in [-0.2, 0) is 4.79 Å². The van der Waals surface area contributed by atoms with E-state index in [-0.39, 0.29) is 19.0 Å². The maximum atomic E-state index is 11.4. The van der Waals surface area contributed by atoms with Gasteiger partial charge in [-0.15, -0.1) is 0 Å². The van der Waals surface area contributed by atoms with E-state index in [0.717, 1.165) is 39.1 Å². The van der Waals surface area contributed by atoms with Crippen molar-refractivity contribution in [2.45, 2.75) is 18.9 Å². The van der Waals surface area contributed by atoms with Crippen LogP contribution in [0.3, 0.4) is 0 Å². The molecule has 1 atom stereocenters. The van der Waals surface area contributed by atoms with Gasteiger partial charge in [-0.2, -0.15) is 0 Å². The Labute approximate surface area is 118 Å². The first-order chi connectivity index (χ1) is 9.59. The van der Waals surface area contributed by atoms with Crippen LogP contribution >= 0.6 is 0 Å². The standard InChI is InChI=1S/C12H24N4O4/c17-10(11(18)19)2-4-15-12(20)14-3-1-7-16-8-5-13-6-9-16/h10,13,17H,1-9H2,(H,18,19)(H2,14,15,20)/t10-/m0/s1. The SMILES string of the molecule is O=C(NCCCN1CCNCC1)NCC[C@H](O)C(=O)O. The van der Waals surface area contributed by atoms with Crippen molar-refractivity contribution in [3.8, 4) is 0 Å². The van der Waals surface area contributed by atoms with Gasteiger partial charge in [-0.3, -0.25) is 0 Å². The summed E-state index contributed by atoms with van der Waals surface area (Å²) in [6, 6.07) is -0.331. The number of carbonyl (C=O) groups excluding carboxylic acids is 1. The number of carbonyl (C=O) groups is 2. The molecule has 116 valence electrons. The fraction of sp³-hybridized carbons (Fsp3) is 0.833. The van der Waals surface area contributed by atoms with Crippen LogP contribution in [0.5, 0.6) is 0 Å². The number of amides is 2. The molecule has 0 aromatic rings. The highest BCUT2D eigenvalue weighted by molar-refractivity contribution is 5.74. The number of aliphatic hydroxyl groups excluding tert-OH is 1. The predicted octanol–water partition coefficient (Wildman–Crippen LogP) is -1.58. The summed E-state index contributed by atoms with van der Waals surface area (Å²) in [5.41, 5.74) is 0. The predicted molar refractivity (Wildman–Crippen MR) is 73.6 cm³/mol. The molecule has 8 heteroatoms. The molecule has 2 amide bonds. The molecule has 0 aromatic heterocycles. The third-order valence-electron chi connectivity index (χ3n) is 3.13. The smallest absolute Gasteiger partial charge is 0.332 e. The summed E-state index contributed by atoms with van der Waals surface area (Å²) in [7, 11) is 0. The van der Waals surface area contributed by atoms with Crippen LogP contribution < -0.4 is 16.0 Å². The zero-order chi connectivity index (χ0) is 14.8. The molecule has 0 unspecified atom stereocenters. The second-order valence-electron chi connectivity index (χ2n) is 4.77. The van der Waals surface area contributed by atoms with Crippen LogP contribution in [0.4, 0.5) is 4.79 Å². The first-order valence-electron chi connectivity index (χ1n) is 6.95. The molecule has 0 spiro atoms. The van der Waals surface area contributed by atoms with E-state index in [1.54, 1.807) is 0 Å². The van der Waals surface area contributed by atoms with Crippen molar-refractivity contribution >= 4 is 12.0 Å². The van der Waals surface area contributed by atoms with Crippen molar-refractivity contribution < 1.29 is 19.8 Å². The van der Waals surface area contributed by atoms with Crippen LogP contribution in [0, 0.1) is 0 Å². The molecule has 0 aromatic carbocycles. The molecule has 0 saturated carbocycles. The minimum absolute atomic E-state index is 0.00350. The Kier molecular flexibility index (Phi) is 7.93. The monoisotopic (exact) mass is 288 g/mol. The van der Waals surface area contributed by atoms with Crippen LogP contribution in [0.25, 0.3) is 0 Å². The number of carboxylic acid groups (broad SMARTS) is 1. The second kappa shape index (κ2) is 9.51. The largest absolute Gasteiger partial charge is 0.479 e. The number of carboxylic acids is 1. The van der Waals surface area contributed by atoms with E-state index < -0.39 is 12.1 Å². The molecule has 1 heterocycles. The summed E-state index contributed by atoms with van der Waals surface area (Å²) >= 11 is 0. The Morgan fingerprint density at radius 2 is 1.85 bits per heavy atom. The van der Waals surface area contributed by atoms with Crippen LogP contribution in [0.15, 0.2) is 0 Å². The third-order valence-corrected chi connectivity index (χ3v) is 3.13. The van der Waals surface area contributed by atoms with E-state index in [2.05, 4.69) is 20.9 Å². The lowest BCUT2D eigenvalue weighted by Gasteiger charge is -2.27. The van der Waals surface area contributed by atoms with E-state index in [1.165, 1.54) is 0 Å². The molecule has 1 rings (SSSR count). The summed E-state index contributed by atoms with van der Waals surface area (Å²) in [5, 5.41) is 26.0. The van der Waals surface area contributed by atoms with Crippen molar-refractivity contribution in [3.05, 3.63) is 0 Å². The lowest BCUT2D eigenvalue weighted by Crippen LogP contribution is -2.44. The van der Waals surface area contributed by atoms with Crippen molar-refractivity contribution in [2.24, 2.45) is 0 Å². The van der Waals surface area contributed by atoms with Crippen molar-refractivity contribution in [1.29, 1.82) is 0 Å². The number of nitrogens with one attached hydrogen (secondary N) is 3. The maximum Gasteiger partial charge on any atom is 0.332 e. The lowest BCUT2D eigenvalue weighted by atomic mass is 10.2. The normalized spacial score (nSPS) is 17.4. The van der Waals surface area contributed by atoms with Gasteiger partial charge in [0.25, 0.3) is 0 Å². The van der Waals surface area contributed by atoms with E-state index >= 15 is 0 Å². The summed E-state index contributed by atoms with van der Waals surface area (Å²) in [4.78, 5) is 24.1. The quantitative estimate of drug-likeness (QED) is 0.344. The number of aliphatic hydroxyl groups is 1. The first-order valence-corrected chi connectivity index (χ1v) is 6.95. The Morgan fingerprint density at radius 3 is 2.50 bits per heavy atom. The number of hydrogen-bond acceptors (Lipinski definition) is 5. The van der Waals surface area contributed by atoms with E-state index in [0.29, 0.717) is 6.54 Å². The van der Waals surface area contributed by atoms with Gasteiger partial charge < -0.3 is 31.1 Å². The van der Waals surface area contributed by atoms with Gasteiger partial charge in [-0.1, -0.05) is 0 Å². The van der Waals surface area contributed by atoms with Gasteiger partial charge in [0.15, 0.2) is 6.10 Å². The molecule has 1 saturated heterocycles. The fourth-order valence-electron chi connectivity index (χ4n) is 1.95. The Balaban J connectivity index is 1.95. The van der Waals surface area contributed by atoms with Gasteiger partial charge in [0.05, 0.1) is 0 Å². The maximum absolute atomic E-state index is 11.4. The molecule has 0 radical (unpaired) electrons. The Bertz CT molecular complexity index is 308. The molecule has 1 aliphatic heterocycles. The van der Waals surface area contributed by atoms with E-state index in [1.807, 2.05) is 0 Å². The van der Waals surface area contributed by atoms with Gasteiger partial charge in [0.2, 0.25) is 0 Å². The first kappa shape index (κ1) is 16.7. The molecule has 1 aliphatic rings.